The number of alkyl halides is 1. The van der Waals surface area contributed by atoms with Gasteiger partial charge in [-0.25, -0.2) is 4.98 Å². The Morgan fingerprint density at radius 2 is 1.67 bits per heavy atom. The van der Waals surface area contributed by atoms with Crippen LogP contribution in [0.1, 0.15) is 29.9 Å². The third-order valence-corrected chi connectivity index (χ3v) is 6.08. The number of rotatable bonds is 7. The number of carbonyl (C=O) groups is 1. The first-order chi connectivity index (χ1) is 16.0. The van der Waals surface area contributed by atoms with Crippen molar-refractivity contribution in [2.45, 2.75) is 26.3 Å². The molecule has 1 atom stereocenters. The van der Waals surface area contributed by atoms with Gasteiger partial charge in [0.1, 0.15) is 11.7 Å². The van der Waals surface area contributed by atoms with E-state index in [9.17, 15) is 9.59 Å². The Balaban J connectivity index is 1.82. The number of aromatic nitrogens is 2. The molecule has 1 amide bonds. The molecule has 0 saturated heterocycles. The summed E-state index contributed by atoms with van der Waals surface area (Å²) in [5, 5.41) is 0.536. The number of amides is 1. The number of para-hydroxylation sites is 1. The Hall–Kier alpha value is -3.44. The molecule has 0 saturated carbocycles. The molecule has 0 spiro atoms. The molecule has 3 aromatic carbocycles. The first-order valence-electron chi connectivity index (χ1n) is 11.0. The van der Waals surface area contributed by atoms with Gasteiger partial charge in [-0.1, -0.05) is 60.2 Å². The topological polar surface area (TPSA) is 55.2 Å². The summed E-state index contributed by atoms with van der Waals surface area (Å²) in [5.41, 5.74) is 3.38. The van der Waals surface area contributed by atoms with Crippen molar-refractivity contribution in [3.8, 4) is 5.69 Å². The molecule has 0 bridgehead atoms. The molecule has 1 unspecified atom stereocenters. The predicted octanol–water partition coefficient (Wildman–Crippen LogP) is 5.07. The second-order valence-electron chi connectivity index (χ2n) is 8.10. The highest BCUT2D eigenvalue weighted by Crippen LogP contribution is 2.24. The highest BCUT2D eigenvalue weighted by molar-refractivity contribution is 6.27. The fraction of sp³-hybridized carbons (Fsp3) is 0.222. The van der Waals surface area contributed by atoms with Crippen LogP contribution in [0, 0.1) is 6.92 Å². The van der Waals surface area contributed by atoms with Crippen LogP contribution in [0.2, 0.25) is 0 Å². The van der Waals surface area contributed by atoms with E-state index in [0.717, 1.165) is 11.1 Å². The van der Waals surface area contributed by atoms with E-state index in [0.29, 0.717) is 35.4 Å². The third-order valence-electron chi connectivity index (χ3n) is 5.85. The van der Waals surface area contributed by atoms with Crippen molar-refractivity contribution < 1.29 is 4.79 Å². The molecule has 168 valence electrons. The van der Waals surface area contributed by atoms with Gasteiger partial charge in [0.05, 0.1) is 22.6 Å². The Morgan fingerprint density at radius 1 is 1.00 bits per heavy atom. The zero-order valence-electron chi connectivity index (χ0n) is 18.7. The third kappa shape index (κ3) is 4.83. The van der Waals surface area contributed by atoms with Gasteiger partial charge >= 0.3 is 0 Å². The van der Waals surface area contributed by atoms with Crippen LogP contribution in [0.25, 0.3) is 16.6 Å². The van der Waals surface area contributed by atoms with Gasteiger partial charge in [-0.05, 0) is 50.1 Å². The van der Waals surface area contributed by atoms with Crippen molar-refractivity contribution in [2.24, 2.45) is 0 Å². The minimum absolute atomic E-state index is 0.137. The SMILES string of the molecule is Cc1ccc(-n2c(C(C)N(CCc3ccccc3)C(=O)CCl)nc3ccccc3c2=O)cc1. The van der Waals surface area contributed by atoms with E-state index in [1.165, 1.54) is 0 Å². The molecular formula is C27H26ClN3O2. The van der Waals surface area contributed by atoms with Gasteiger partial charge < -0.3 is 4.90 Å². The fourth-order valence-electron chi connectivity index (χ4n) is 4.02. The summed E-state index contributed by atoms with van der Waals surface area (Å²) in [6, 6.07) is 24.5. The van der Waals surface area contributed by atoms with Crippen LogP contribution in [-0.2, 0) is 11.2 Å². The molecule has 0 radical (unpaired) electrons. The Morgan fingerprint density at radius 3 is 2.36 bits per heavy atom. The average Bonchev–Trinajstić information content (AvgIpc) is 2.85. The van der Waals surface area contributed by atoms with Crippen LogP contribution < -0.4 is 5.56 Å². The standard InChI is InChI=1S/C27H26ClN3O2/c1-19-12-14-22(15-13-19)31-26(29-24-11-7-6-10-23(24)27(31)33)20(2)30(25(32)18-28)17-16-21-8-4-3-5-9-21/h3-15,20H,16-18H2,1-2H3. The van der Waals surface area contributed by atoms with Gasteiger partial charge in [0.2, 0.25) is 5.91 Å². The van der Waals surface area contributed by atoms with E-state index < -0.39 is 6.04 Å². The second kappa shape index (κ2) is 10.0. The number of aryl methyl sites for hydroxylation is 1. The monoisotopic (exact) mass is 459 g/mol. The number of nitrogens with zero attached hydrogens (tertiary/aromatic N) is 3. The Labute approximate surface area is 198 Å². The molecule has 0 fully saturated rings. The molecule has 0 aliphatic carbocycles. The van der Waals surface area contributed by atoms with Gasteiger partial charge in [-0.15, -0.1) is 11.6 Å². The molecule has 33 heavy (non-hydrogen) atoms. The summed E-state index contributed by atoms with van der Waals surface area (Å²) in [6.07, 6.45) is 0.677. The van der Waals surface area contributed by atoms with E-state index in [1.54, 1.807) is 15.5 Å². The lowest BCUT2D eigenvalue weighted by Gasteiger charge is -2.30. The molecule has 6 heteroatoms. The summed E-state index contributed by atoms with van der Waals surface area (Å²) in [5.74, 6) is 0.175. The van der Waals surface area contributed by atoms with Crippen molar-refractivity contribution in [1.82, 2.24) is 14.5 Å². The molecule has 0 N–H and O–H groups in total. The molecule has 4 rings (SSSR count). The molecule has 1 aromatic heterocycles. The maximum atomic E-state index is 13.6. The summed E-state index contributed by atoms with van der Waals surface area (Å²) in [4.78, 5) is 33.0. The quantitative estimate of drug-likeness (QED) is 0.363. The highest BCUT2D eigenvalue weighted by atomic mass is 35.5. The van der Waals surface area contributed by atoms with E-state index in [1.807, 2.05) is 86.6 Å². The van der Waals surface area contributed by atoms with Crippen LogP contribution in [0.5, 0.6) is 0 Å². The average molecular weight is 460 g/mol. The first-order valence-corrected chi connectivity index (χ1v) is 11.5. The van der Waals surface area contributed by atoms with E-state index in [4.69, 9.17) is 16.6 Å². The maximum absolute atomic E-state index is 13.6. The molecule has 0 aliphatic rings. The number of halogens is 1. The van der Waals surface area contributed by atoms with Gasteiger partial charge in [0.25, 0.3) is 5.56 Å². The lowest BCUT2D eigenvalue weighted by atomic mass is 10.1. The van der Waals surface area contributed by atoms with Crippen molar-refractivity contribution in [2.75, 3.05) is 12.4 Å². The van der Waals surface area contributed by atoms with E-state index in [-0.39, 0.29) is 17.3 Å². The smallest absolute Gasteiger partial charge is 0.266 e. The fourth-order valence-corrected chi connectivity index (χ4v) is 4.17. The van der Waals surface area contributed by atoms with Crippen LogP contribution in [-0.4, -0.2) is 32.8 Å². The zero-order chi connectivity index (χ0) is 23.4. The summed E-state index contributed by atoms with van der Waals surface area (Å²) in [6.45, 7) is 4.36. The van der Waals surface area contributed by atoms with Crippen molar-refractivity contribution in [1.29, 1.82) is 0 Å². The molecule has 0 aliphatic heterocycles. The van der Waals surface area contributed by atoms with Crippen LogP contribution in [0.3, 0.4) is 0 Å². The van der Waals surface area contributed by atoms with E-state index >= 15 is 0 Å². The van der Waals surface area contributed by atoms with Crippen LogP contribution >= 0.6 is 11.6 Å². The Kier molecular flexibility index (Phi) is 6.90. The molecular weight excluding hydrogens is 434 g/mol. The van der Waals surface area contributed by atoms with Gasteiger partial charge in [-0.3, -0.25) is 14.2 Å². The lowest BCUT2D eigenvalue weighted by molar-refractivity contribution is -0.130. The first kappa shape index (κ1) is 22.7. The van der Waals surface area contributed by atoms with Gasteiger partial charge in [-0.2, -0.15) is 0 Å². The van der Waals surface area contributed by atoms with Crippen LogP contribution in [0.15, 0.2) is 83.7 Å². The second-order valence-corrected chi connectivity index (χ2v) is 8.36. The van der Waals surface area contributed by atoms with Crippen molar-refractivity contribution >= 4 is 28.4 Å². The molecule has 1 heterocycles. The zero-order valence-corrected chi connectivity index (χ0v) is 19.5. The number of hydrogen-bond donors (Lipinski definition) is 0. The van der Waals surface area contributed by atoms with Gasteiger partial charge in [0.15, 0.2) is 0 Å². The molecule has 4 aromatic rings. The maximum Gasteiger partial charge on any atom is 0.266 e. The minimum Gasteiger partial charge on any atom is -0.331 e. The largest absolute Gasteiger partial charge is 0.331 e. The van der Waals surface area contributed by atoms with Crippen LogP contribution in [0.4, 0.5) is 0 Å². The van der Waals surface area contributed by atoms with Crippen molar-refractivity contribution in [3.05, 3.63) is 106 Å². The Bertz CT molecular complexity index is 1320. The number of fused-ring (bicyclic) bond motifs is 1. The van der Waals surface area contributed by atoms with Gasteiger partial charge in [0, 0.05) is 6.54 Å². The summed E-state index contributed by atoms with van der Waals surface area (Å²) < 4.78 is 1.61. The number of hydrogen-bond acceptors (Lipinski definition) is 3. The normalized spacial score (nSPS) is 12.0. The number of benzene rings is 3. The lowest BCUT2D eigenvalue weighted by Crippen LogP contribution is -2.39. The summed E-state index contributed by atoms with van der Waals surface area (Å²) in [7, 11) is 0. The number of carbonyl (C=O) groups excluding carboxylic acids is 1. The van der Waals surface area contributed by atoms with E-state index in [2.05, 4.69) is 0 Å². The minimum atomic E-state index is -0.460. The van der Waals surface area contributed by atoms with Crippen molar-refractivity contribution in [3.63, 3.8) is 0 Å². The molecule has 5 nitrogen and oxygen atoms in total. The summed E-state index contributed by atoms with van der Waals surface area (Å²) >= 11 is 5.98. The predicted molar refractivity (Wildman–Crippen MR) is 133 cm³/mol. The highest BCUT2D eigenvalue weighted by Gasteiger charge is 2.26.